The number of carbonyl (C=O) groups is 3. The molecule has 0 aliphatic rings. The van der Waals surface area contributed by atoms with E-state index in [4.69, 9.17) is 5.11 Å². The number of methoxy groups -OCH3 is 1. The average Bonchev–Trinajstić information content (AvgIpc) is 2.47. The van der Waals surface area contributed by atoms with E-state index in [1.165, 1.54) is 33.2 Å². The Bertz CT molecular complexity index is 591. The van der Waals surface area contributed by atoms with Crippen LogP contribution in [-0.4, -0.2) is 48.7 Å². The van der Waals surface area contributed by atoms with Crippen LogP contribution >= 0.6 is 0 Å². The van der Waals surface area contributed by atoms with Gasteiger partial charge in [0.05, 0.1) is 24.3 Å². The van der Waals surface area contributed by atoms with Crippen LogP contribution in [0.15, 0.2) is 18.2 Å². The van der Waals surface area contributed by atoms with Crippen LogP contribution in [0.25, 0.3) is 0 Å². The van der Waals surface area contributed by atoms with E-state index in [0.717, 1.165) is 11.0 Å². The molecular weight excluding hydrogens is 295 g/mol. The fraction of sp³-hybridized carbons (Fsp3) is 0.357. The van der Waals surface area contributed by atoms with E-state index in [-0.39, 0.29) is 17.8 Å². The summed E-state index contributed by atoms with van der Waals surface area (Å²) in [7, 11) is 2.57. The molecule has 0 saturated carbocycles. The lowest BCUT2D eigenvalue weighted by Crippen LogP contribution is -2.36. The Hall–Kier alpha value is -2.64. The molecule has 22 heavy (non-hydrogen) atoms. The van der Waals surface area contributed by atoms with Gasteiger partial charge in [0.15, 0.2) is 0 Å². The number of aliphatic carboxylic acids is 1. The summed E-state index contributed by atoms with van der Waals surface area (Å²) in [5.74, 6) is -3.27. The van der Waals surface area contributed by atoms with E-state index >= 15 is 0 Å². The zero-order valence-electron chi connectivity index (χ0n) is 12.4. The molecule has 0 fully saturated rings. The molecular formula is C14H17FN2O5. The van der Waals surface area contributed by atoms with Crippen LogP contribution in [-0.2, 0) is 9.53 Å². The van der Waals surface area contributed by atoms with E-state index < -0.39 is 29.7 Å². The number of carboxylic acid groups (broad SMARTS) is 1. The number of ether oxygens (including phenoxy) is 1. The molecule has 8 heteroatoms. The van der Waals surface area contributed by atoms with Gasteiger partial charge in [-0.3, -0.25) is 4.79 Å². The minimum Gasteiger partial charge on any atom is -0.481 e. The number of nitrogens with one attached hydrogen (secondary N) is 1. The summed E-state index contributed by atoms with van der Waals surface area (Å²) >= 11 is 0. The SMILES string of the molecule is COC(=O)c1ccc(NC(=O)N(C)CC(C)C(=O)O)c(F)c1. The van der Waals surface area contributed by atoms with Crippen molar-refractivity contribution >= 4 is 23.7 Å². The third-order valence-electron chi connectivity index (χ3n) is 2.95. The third-order valence-corrected chi connectivity index (χ3v) is 2.95. The lowest BCUT2D eigenvalue weighted by Gasteiger charge is -2.20. The average molecular weight is 312 g/mol. The third kappa shape index (κ3) is 4.44. The van der Waals surface area contributed by atoms with Crippen LogP contribution in [0.2, 0.25) is 0 Å². The summed E-state index contributed by atoms with van der Waals surface area (Å²) in [6, 6.07) is 2.83. The molecule has 0 spiro atoms. The van der Waals surface area contributed by atoms with Crippen molar-refractivity contribution in [3.05, 3.63) is 29.6 Å². The summed E-state index contributed by atoms with van der Waals surface area (Å²) in [5.41, 5.74) is -0.0988. The number of anilines is 1. The Kier molecular flexibility index (Phi) is 5.85. The highest BCUT2D eigenvalue weighted by Crippen LogP contribution is 2.17. The molecule has 0 radical (unpaired) electrons. The largest absolute Gasteiger partial charge is 0.481 e. The first kappa shape index (κ1) is 17.4. The Labute approximate surface area is 126 Å². The first-order chi connectivity index (χ1) is 10.3. The van der Waals surface area contributed by atoms with Crippen molar-refractivity contribution < 1.29 is 28.6 Å². The quantitative estimate of drug-likeness (QED) is 0.808. The molecule has 1 aromatic rings. The zero-order valence-corrected chi connectivity index (χ0v) is 12.4. The van der Waals surface area contributed by atoms with Gasteiger partial charge in [0.1, 0.15) is 5.82 Å². The van der Waals surface area contributed by atoms with Crippen molar-refractivity contribution in [1.29, 1.82) is 0 Å². The first-order valence-corrected chi connectivity index (χ1v) is 6.39. The molecule has 0 aliphatic carbocycles. The van der Waals surface area contributed by atoms with Gasteiger partial charge in [-0.25, -0.2) is 14.0 Å². The Morgan fingerprint density at radius 2 is 2.05 bits per heavy atom. The lowest BCUT2D eigenvalue weighted by molar-refractivity contribution is -0.141. The van der Waals surface area contributed by atoms with Crippen LogP contribution in [0, 0.1) is 11.7 Å². The van der Waals surface area contributed by atoms with Gasteiger partial charge >= 0.3 is 18.0 Å². The normalized spacial score (nSPS) is 11.5. The van der Waals surface area contributed by atoms with E-state index in [9.17, 15) is 18.8 Å². The predicted molar refractivity (Wildman–Crippen MR) is 76.2 cm³/mol. The first-order valence-electron chi connectivity index (χ1n) is 6.39. The molecule has 1 aromatic carbocycles. The number of halogens is 1. The van der Waals surface area contributed by atoms with Crippen molar-refractivity contribution in [2.24, 2.45) is 5.92 Å². The molecule has 1 unspecified atom stereocenters. The maximum Gasteiger partial charge on any atom is 0.337 e. The van der Waals surface area contributed by atoms with Crippen molar-refractivity contribution in [2.45, 2.75) is 6.92 Å². The number of hydrogen-bond acceptors (Lipinski definition) is 4. The van der Waals surface area contributed by atoms with Gasteiger partial charge in [0.25, 0.3) is 0 Å². The number of hydrogen-bond donors (Lipinski definition) is 2. The summed E-state index contributed by atoms with van der Waals surface area (Å²) in [5, 5.41) is 11.1. The van der Waals surface area contributed by atoms with Crippen molar-refractivity contribution in [3.63, 3.8) is 0 Å². The number of carboxylic acids is 1. The van der Waals surface area contributed by atoms with Crippen LogP contribution in [0.5, 0.6) is 0 Å². The highest BCUT2D eigenvalue weighted by atomic mass is 19.1. The molecule has 0 aliphatic heterocycles. The topological polar surface area (TPSA) is 95.9 Å². The molecule has 0 saturated heterocycles. The van der Waals surface area contributed by atoms with Crippen molar-refractivity contribution in [2.75, 3.05) is 26.0 Å². The molecule has 120 valence electrons. The van der Waals surface area contributed by atoms with Crippen LogP contribution in [0.1, 0.15) is 17.3 Å². The number of carbonyl (C=O) groups excluding carboxylic acids is 2. The summed E-state index contributed by atoms with van der Waals surface area (Å²) in [6.07, 6.45) is 0. The number of nitrogens with zero attached hydrogens (tertiary/aromatic N) is 1. The predicted octanol–water partition coefficient (Wildman–Crippen LogP) is 1.80. The maximum absolute atomic E-state index is 13.8. The molecule has 1 atom stereocenters. The number of amides is 2. The second kappa shape index (κ2) is 7.39. The fourth-order valence-corrected chi connectivity index (χ4v) is 1.64. The lowest BCUT2D eigenvalue weighted by atomic mass is 10.2. The Morgan fingerprint density at radius 3 is 2.55 bits per heavy atom. The minimum atomic E-state index is -1.03. The summed E-state index contributed by atoms with van der Waals surface area (Å²) in [6.45, 7) is 1.43. The molecule has 7 nitrogen and oxygen atoms in total. The van der Waals surface area contributed by atoms with Gasteiger partial charge in [-0.2, -0.15) is 0 Å². The fourth-order valence-electron chi connectivity index (χ4n) is 1.64. The highest BCUT2D eigenvalue weighted by molar-refractivity contribution is 5.92. The minimum absolute atomic E-state index is 0.0193. The molecule has 2 N–H and O–H groups in total. The van der Waals surface area contributed by atoms with E-state index in [1.807, 2.05) is 0 Å². The van der Waals surface area contributed by atoms with Crippen molar-refractivity contribution in [3.8, 4) is 0 Å². The molecule has 0 heterocycles. The number of esters is 1. The highest BCUT2D eigenvalue weighted by Gasteiger charge is 2.18. The maximum atomic E-state index is 13.8. The molecule has 1 rings (SSSR count). The molecule has 0 aromatic heterocycles. The van der Waals surface area contributed by atoms with Gasteiger partial charge in [-0.15, -0.1) is 0 Å². The number of rotatable bonds is 5. The van der Waals surface area contributed by atoms with E-state index in [2.05, 4.69) is 10.1 Å². The van der Waals surface area contributed by atoms with E-state index in [1.54, 1.807) is 0 Å². The standard InChI is InChI=1S/C14H17FN2O5/c1-8(12(18)19)7-17(2)14(21)16-11-5-4-9(6-10(11)15)13(20)22-3/h4-6,8H,7H2,1-3H3,(H,16,21)(H,18,19). The summed E-state index contributed by atoms with van der Waals surface area (Å²) < 4.78 is 18.3. The van der Waals surface area contributed by atoms with Crippen LogP contribution < -0.4 is 5.32 Å². The van der Waals surface area contributed by atoms with Crippen LogP contribution in [0.4, 0.5) is 14.9 Å². The van der Waals surface area contributed by atoms with Gasteiger partial charge < -0.3 is 20.1 Å². The van der Waals surface area contributed by atoms with Crippen molar-refractivity contribution in [1.82, 2.24) is 4.90 Å². The summed E-state index contributed by atoms with van der Waals surface area (Å²) in [4.78, 5) is 35.0. The van der Waals surface area contributed by atoms with Crippen LogP contribution in [0.3, 0.4) is 0 Å². The number of urea groups is 1. The second-order valence-electron chi connectivity index (χ2n) is 4.74. The molecule has 0 bridgehead atoms. The van der Waals surface area contributed by atoms with Gasteiger partial charge in [-0.1, -0.05) is 6.92 Å². The monoisotopic (exact) mass is 312 g/mol. The smallest absolute Gasteiger partial charge is 0.337 e. The molecule has 2 amide bonds. The number of benzene rings is 1. The van der Waals surface area contributed by atoms with Gasteiger partial charge in [0.2, 0.25) is 0 Å². The Morgan fingerprint density at radius 1 is 1.41 bits per heavy atom. The Balaban J connectivity index is 2.76. The van der Waals surface area contributed by atoms with E-state index in [0.29, 0.717) is 0 Å². The zero-order chi connectivity index (χ0) is 16.9. The van der Waals surface area contributed by atoms with Gasteiger partial charge in [-0.05, 0) is 18.2 Å². The van der Waals surface area contributed by atoms with Gasteiger partial charge in [0, 0.05) is 13.6 Å². The second-order valence-corrected chi connectivity index (χ2v) is 4.74.